The Balaban J connectivity index is 2.17. The standard InChI is InChI=1S/C15H19BrClNO/c1-15(2)6-3-8-18(9-7-15)14(19)12-10-11(17)4-5-13(12)16/h4-5,10H,3,6-9H2,1-2H3. The molecule has 1 aromatic rings. The van der Waals surface area contributed by atoms with Gasteiger partial charge in [-0.1, -0.05) is 25.4 Å². The highest BCUT2D eigenvalue weighted by Crippen LogP contribution is 2.31. The lowest BCUT2D eigenvalue weighted by Gasteiger charge is -2.23. The van der Waals surface area contributed by atoms with Gasteiger partial charge in [-0.2, -0.15) is 0 Å². The van der Waals surface area contributed by atoms with Crippen LogP contribution in [0.4, 0.5) is 0 Å². The van der Waals surface area contributed by atoms with Crippen LogP contribution in [0.2, 0.25) is 5.02 Å². The molecule has 19 heavy (non-hydrogen) atoms. The van der Waals surface area contributed by atoms with Gasteiger partial charge < -0.3 is 4.90 Å². The first kappa shape index (κ1) is 14.9. The molecule has 0 spiro atoms. The maximum atomic E-state index is 12.6. The molecule has 0 aromatic heterocycles. The number of carbonyl (C=O) groups is 1. The van der Waals surface area contributed by atoms with Gasteiger partial charge in [0.15, 0.2) is 0 Å². The molecule has 0 unspecified atom stereocenters. The van der Waals surface area contributed by atoms with Crippen molar-refractivity contribution in [1.29, 1.82) is 0 Å². The van der Waals surface area contributed by atoms with Gasteiger partial charge in [0.2, 0.25) is 0 Å². The van der Waals surface area contributed by atoms with E-state index in [0.717, 1.165) is 30.4 Å². The minimum atomic E-state index is 0.0760. The molecule has 1 heterocycles. The van der Waals surface area contributed by atoms with Crippen LogP contribution in [-0.2, 0) is 0 Å². The van der Waals surface area contributed by atoms with E-state index in [1.807, 2.05) is 11.0 Å². The fraction of sp³-hybridized carbons (Fsp3) is 0.533. The van der Waals surface area contributed by atoms with E-state index in [1.54, 1.807) is 12.1 Å². The zero-order valence-electron chi connectivity index (χ0n) is 11.4. The minimum Gasteiger partial charge on any atom is -0.339 e. The van der Waals surface area contributed by atoms with Gasteiger partial charge in [0.1, 0.15) is 0 Å². The van der Waals surface area contributed by atoms with E-state index in [2.05, 4.69) is 29.8 Å². The van der Waals surface area contributed by atoms with Crippen LogP contribution in [0, 0.1) is 5.41 Å². The molecule has 0 aliphatic carbocycles. The summed E-state index contributed by atoms with van der Waals surface area (Å²) in [5, 5.41) is 0.599. The second-order valence-electron chi connectivity index (χ2n) is 5.93. The fourth-order valence-electron chi connectivity index (χ4n) is 2.46. The molecule has 4 heteroatoms. The Morgan fingerprint density at radius 2 is 2.05 bits per heavy atom. The molecular formula is C15H19BrClNO. The number of carbonyl (C=O) groups excluding carboxylic acids is 1. The molecule has 2 rings (SSSR count). The third-order valence-corrected chi connectivity index (χ3v) is 4.71. The molecule has 104 valence electrons. The number of rotatable bonds is 1. The monoisotopic (exact) mass is 343 g/mol. The van der Waals surface area contributed by atoms with Crippen molar-refractivity contribution in [2.75, 3.05) is 13.1 Å². The van der Waals surface area contributed by atoms with Crippen molar-refractivity contribution in [3.05, 3.63) is 33.3 Å². The first-order valence-corrected chi connectivity index (χ1v) is 7.80. The number of amides is 1. The summed E-state index contributed by atoms with van der Waals surface area (Å²) in [4.78, 5) is 14.5. The van der Waals surface area contributed by atoms with Crippen molar-refractivity contribution in [3.8, 4) is 0 Å². The summed E-state index contributed by atoms with van der Waals surface area (Å²) in [6, 6.07) is 5.36. The summed E-state index contributed by atoms with van der Waals surface area (Å²) < 4.78 is 0.811. The molecule has 1 saturated heterocycles. The molecule has 0 radical (unpaired) electrons. The first-order valence-electron chi connectivity index (χ1n) is 6.63. The van der Waals surface area contributed by atoms with E-state index < -0.39 is 0 Å². The minimum absolute atomic E-state index is 0.0760. The van der Waals surface area contributed by atoms with Crippen molar-refractivity contribution < 1.29 is 4.79 Å². The summed E-state index contributed by atoms with van der Waals surface area (Å²) in [5.74, 6) is 0.0760. The lowest BCUT2D eigenvalue weighted by molar-refractivity contribution is 0.0756. The highest BCUT2D eigenvalue weighted by atomic mass is 79.9. The molecule has 2 nitrogen and oxygen atoms in total. The van der Waals surface area contributed by atoms with Gasteiger partial charge >= 0.3 is 0 Å². The second kappa shape index (κ2) is 5.84. The van der Waals surface area contributed by atoms with Crippen molar-refractivity contribution >= 4 is 33.4 Å². The van der Waals surface area contributed by atoms with Crippen molar-refractivity contribution in [2.24, 2.45) is 5.41 Å². The molecule has 0 atom stereocenters. The summed E-state index contributed by atoms with van der Waals surface area (Å²) >= 11 is 9.42. The van der Waals surface area contributed by atoms with E-state index in [4.69, 9.17) is 11.6 Å². The molecule has 1 aliphatic heterocycles. The average Bonchev–Trinajstić information content (AvgIpc) is 2.52. The number of halogens is 2. The van der Waals surface area contributed by atoms with E-state index in [1.165, 1.54) is 6.42 Å². The Kier molecular flexibility index (Phi) is 4.57. The zero-order valence-corrected chi connectivity index (χ0v) is 13.7. The molecule has 1 aliphatic rings. The predicted octanol–water partition coefficient (Wildman–Crippen LogP) is 4.75. The largest absolute Gasteiger partial charge is 0.339 e. The van der Waals surface area contributed by atoms with Crippen LogP contribution in [0.15, 0.2) is 22.7 Å². The topological polar surface area (TPSA) is 20.3 Å². The molecule has 1 amide bonds. The Labute approximate surface area is 128 Å². The van der Waals surface area contributed by atoms with Crippen LogP contribution in [0.3, 0.4) is 0 Å². The van der Waals surface area contributed by atoms with Gasteiger partial charge in [-0.15, -0.1) is 0 Å². The number of nitrogens with zero attached hydrogens (tertiary/aromatic N) is 1. The third-order valence-electron chi connectivity index (χ3n) is 3.79. The Morgan fingerprint density at radius 3 is 2.79 bits per heavy atom. The smallest absolute Gasteiger partial charge is 0.255 e. The number of hydrogen-bond donors (Lipinski definition) is 0. The molecule has 1 fully saturated rings. The van der Waals surface area contributed by atoms with Gasteiger partial charge in [0, 0.05) is 22.6 Å². The summed E-state index contributed by atoms with van der Waals surface area (Å²) in [7, 11) is 0. The first-order chi connectivity index (χ1) is 8.89. The fourth-order valence-corrected chi connectivity index (χ4v) is 3.05. The van der Waals surface area contributed by atoms with Crippen LogP contribution in [0.1, 0.15) is 43.5 Å². The third kappa shape index (κ3) is 3.73. The van der Waals surface area contributed by atoms with Crippen LogP contribution in [-0.4, -0.2) is 23.9 Å². The summed E-state index contributed by atoms with van der Waals surface area (Å²) in [5.41, 5.74) is 0.993. The Hall–Kier alpha value is -0.540. The number of hydrogen-bond acceptors (Lipinski definition) is 1. The summed E-state index contributed by atoms with van der Waals surface area (Å²) in [6.07, 6.45) is 3.29. The Morgan fingerprint density at radius 1 is 1.32 bits per heavy atom. The molecule has 1 aromatic carbocycles. The van der Waals surface area contributed by atoms with E-state index in [9.17, 15) is 4.79 Å². The van der Waals surface area contributed by atoms with Crippen LogP contribution in [0.5, 0.6) is 0 Å². The van der Waals surface area contributed by atoms with Gasteiger partial charge in [-0.25, -0.2) is 0 Å². The lowest BCUT2D eigenvalue weighted by Crippen LogP contribution is -2.32. The van der Waals surface area contributed by atoms with Crippen molar-refractivity contribution in [2.45, 2.75) is 33.1 Å². The highest BCUT2D eigenvalue weighted by Gasteiger charge is 2.26. The molecule has 0 bridgehead atoms. The average molecular weight is 345 g/mol. The molecule has 0 N–H and O–H groups in total. The van der Waals surface area contributed by atoms with Crippen LogP contribution in [0.25, 0.3) is 0 Å². The molecule has 0 saturated carbocycles. The van der Waals surface area contributed by atoms with Crippen LogP contribution >= 0.6 is 27.5 Å². The van der Waals surface area contributed by atoms with Gasteiger partial charge in [-0.3, -0.25) is 4.79 Å². The Bertz CT molecular complexity index is 487. The lowest BCUT2D eigenvalue weighted by atomic mass is 9.85. The van der Waals surface area contributed by atoms with Gasteiger partial charge in [-0.05, 0) is 58.8 Å². The normalized spacial score (nSPS) is 19.1. The predicted molar refractivity (Wildman–Crippen MR) is 82.7 cm³/mol. The van der Waals surface area contributed by atoms with Crippen LogP contribution < -0.4 is 0 Å². The van der Waals surface area contributed by atoms with Gasteiger partial charge in [0.25, 0.3) is 5.91 Å². The van der Waals surface area contributed by atoms with Crippen molar-refractivity contribution in [1.82, 2.24) is 4.90 Å². The second-order valence-corrected chi connectivity index (χ2v) is 7.22. The number of likely N-dealkylation sites (tertiary alicyclic amines) is 1. The van der Waals surface area contributed by atoms with Crippen molar-refractivity contribution in [3.63, 3.8) is 0 Å². The molecular weight excluding hydrogens is 326 g/mol. The maximum absolute atomic E-state index is 12.6. The summed E-state index contributed by atoms with van der Waals surface area (Å²) in [6.45, 7) is 6.21. The zero-order chi connectivity index (χ0) is 14.0. The quantitative estimate of drug-likeness (QED) is 0.719. The van der Waals surface area contributed by atoms with E-state index in [-0.39, 0.29) is 5.91 Å². The highest BCUT2D eigenvalue weighted by molar-refractivity contribution is 9.10. The SMILES string of the molecule is CC1(C)CCCN(C(=O)c2cc(Cl)ccc2Br)CC1. The maximum Gasteiger partial charge on any atom is 0.255 e. The van der Waals surface area contributed by atoms with Gasteiger partial charge in [0.05, 0.1) is 5.56 Å². The number of benzene rings is 1. The van der Waals surface area contributed by atoms with E-state index >= 15 is 0 Å². The van der Waals surface area contributed by atoms with E-state index in [0.29, 0.717) is 16.0 Å².